The molecule has 1 atom stereocenters. The lowest BCUT2D eigenvalue weighted by molar-refractivity contribution is -0.138. The number of morpholine rings is 1. The van der Waals surface area contributed by atoms with Crippen molar-refractivity contribution in [2.75, 3.05) is 59.5 Å². The van der Waals surface area contributed by atoms with E-state index in [0.29, 0.717) is 26.1 Å². The Kier molecular flexibility index (Phi) is 5.94. The first-order valence-electron chi connectivity index (χ1n) is 9.80. The predicted octanol–water partition coefficient (Wildman–Crippen LogP) is -0.320. The molecular weight excluding hydrogens is 358 g/mol. The minimum absolute atomic E-state index is 0.100. The number of ether oxygens (including phenoxy) is 1. The molecule has 9 heteroatoms. The molecule has 2 fully saturated rings. The second kappa shape index (κ2) is 8.76. The molecule has 3 heterocycles. The molecule has 150 valence electrons. The summed E-state index contributed by atoms with van der Waals surface area (Å²) in [5.41, 5.74) is 1.86. The summed E-state index contributed by atoms with van der Waals surface area (Å²) >= 11 is 0. The van der Waals surface area contributed by atoms with Crippen molar-refractivity contribution in [1.82, 2.24) is 34.9 Å². The number of tetrazole rings is 1. The Labute approximate surface area is 164 Å². The summed E-state index contributed by atoms with van der Waals surface area (Å²) in [6.45, 7) is 7.18. The highest BCUT2D eigenvalue weighted by molar-refractivity contribution is 5.79. The van der Waals surface area contributed by atoms with Gasteiger partial charge in [0.15, 0.2) is 0 Å². The van der Waals surface area contributed by atoms with Crippen LogP contribution in [-0.2, 0) is 16.0 Å². The summed E-state index contributed by atoms with van der Waals surface area (Å²) in [5.74, 6) is 0.154. The molecule has 28 heavy (non-hydrogen) atoms. The summed E-state index contributed by atoms with van der Waals surface area (Å²) in [7, 11) is 2.16. The number of amides is 1. The smallest absolute Gasteiger partial charge is 0.227 e. The van der Waals surface area contributed by atoms with Crippen LogP contribution in [0.1, 0.15) is 5.56 Å². The maximum absolute atomic E-state index is 12.8. The molecule has 2 aliphatic heterocycles. The second-order valence-corrected chi connectivity index (χ2v) is 7.53. The normalized spacial score (nSPS) is 21.8. The van der Waals surface area contributed by atoms with Crippen LogP contribution in [0.2, 0.25) is 0 Å². The van der Waals surface area contributed by atoms with Gasteiger partial charge in [-0.05, 0) is 35.2 Å². The zero-order valence-corrected chi connectivity index (χ0v) is 16.3. The van der Waals surface area contributed by atoms with Gasteiger partial charge in [-0.15, -0.1) is 5.10 Å². The molecule has 1 unspecified atom stereocenters. The number of hydrogen-bond acceptors (Lipinski definition) is 7. The molecule has 0 bridgehead atoms. The van der Waals surface area contributed by atoms with E-state index in [9.17, 15) is 4.79 Å². The van der Waals surface area contributed by atoms with Crippen molar-refractivity contribution in [2.45, 2.75) is 12.5 Å². The fraction of sp³-hybridized carbons (Fsp3) is 0.579. The molecule has 2 aromatic rings. The monoisotopic (exact) mass is 385 g/mol. The lowest BCUT2D eigenvalue weighted by Gasteiger charge is -2.38. The van der Waals surface area contributed by atoms with Gasteiger partial charge in [0, 0.05) is 45.8 Å². The second-order valence-electron chi connectivity index (χ2n) is 7.53. The Morgan fingerprint density at radius 3 is 2.64 bits per heavy atom. The average molecular weight is 385 g/mol. The van der Waals surface area contributed by atoms with Crippen molar-refractivity contribution in [3.63, 3.8) is 0 Å². The molecule has 0 N–H and O–H groups in total. The van der Waals surface area contributed by atoms with Crippen LogP contribution in [0.4, 0.5) is 0 Å². The summed E-state index contributed by atoms with van der Waals surface area (Å²) in [5, 5.41) is 11.1. The van der Waals surface area contributed by atoms with Crippen LogP contribution in [0.15, 0.2) is 30.6 Å². The topological polar surface area (TPSA) is 79.6 Å². The molecule has 0 radical (unpaired) electrons. The summed E-state index contributed by atoms with van der Waals surface area (Å²) in [4.78, 5) is 19.5. The Balaban J connectivity index is 1.29. The van der Waals surface area contributed by atoms with E-state index in [1.54, 1.807) is 11.0 Å². The van der Waals surface area contributed by atoms with Gasteiger partial charge >= 0.3 is 0 Å². The number of carbonyl (C=O) groups excluding carboxylic acids is 1. The number of hydrogen-bond donors (Lipinski definition) is 0. The van der Waals surface area contributed by atoms with Crippen molar-refractivity contribution in [2.24, 2.45) is 0 Å². The van der Waals surface area contributed by atoms with E-state index in [4.69, 9.17) is 4.74 Å². The third kappa shape index (κ3) is 4.73. The van der Waals surface area contributed by atoms with E-state index >= 15 is 0 Å². The lowest BCUT2D eigenvalue weighted by atomic mass is 10.1. The number of benzene rings is 1. The highest BCUT2D eigenvalue weighted by atomic mass is 16.5. The lowest BCUT2D eigenvalue weighted by Crippen LogP contribution is -2.53. The Bertz CT molecular complexity index is 757. The first-order valence-corrected chi connectivity index (χ1v) is 9.80. The van der Waals surface area contributed by atoms with Crippen LogP contribution in [-0.4, -0.2) is 106 Å². The van der Waals surface area contributed by atoms with Gasteiger partial charge in [-0.1, -0.05) is 12.1 Å². The first kappa shape index (κ1) is 19.0. The largest absolute Gasteiger partial charge is 0.373 e. The summed E-state index contributed by atoms with van der Waals surface area (Å²) < 4.78 is 7.52. The third-order valence-electron chi connectivity index (χ3n) is 5.45. The molecular formula is C19H27N7O2. The highest BCUT2D eigenvalue weighted by Gasteiger charge is 2.26. The van der Waals surface area contributed by atoms with E-state index in [-0.39, 0.29) is 12.0 Å². The Morgan fingerprint density at radius 2 is 1.93 bits per heavy atom. The van der Waals surface area contributed by atoms with Gasteiger partial charge in [-0.25, -0.2) is 4.68 Å². The van der Waals surface area contributed by atoms with E-state index in [1.807, 2.05) is 29.2 Å². The number of likely N-dealkylation sites (N-methyl/N-ethyl adjacent to an activating group) is 1. The van der Waals surface area contributed by atoms with Gasteiger partial charge in [0.1, 0.15) is 6.33 Å². The van der Waals surface area contributed by atoms with E-state index in [1.165, 1.54) is 0 Å². The van der Waals surface area contributed by atoms with Crippen LogP contribution in [0.25, 0.3) is 5.69 Å². The molecule has 4 rings (SSSR count). The molecule has 2 aliphatic rings. The number of rotatable bonds is 5. The maximum atomic E-state index is 12.8. The molecule has 1 aromatic heterocycles. The fourth-order valence-corrected chi connectivity index (χ4v) is 3.71. The Hall–Kier alpha value is -2.36. The average Bonchev–Trinajstić information content (AvgIpc) is 3.25. The molecule has 0 saturated carbocycles. The number of nitrogens with zero attached hydrogens (tertiary/aromatic N) is 7. The van der Waals surface area contributed by atoms with E-state index < -0.39 is 0 Å². The van der Waals surface area contributed by atoms with Gasteiger partial charge in [-0.3, -0.25) is 9.69 Å². The van der Waals surface area contributed by atoms with Gasteiger partial charge in [0.25, 0.3) is 0 Å². The molecule has 1 aromatic carbocycles. The van der Waals surface area contributed by atoms with E-state index in [2.05, 4.69) is 32.4 Å². The Morgan fingerprint density at radius 1 is 1.14 bits per heavy atom. The van der Waals surface area contributed by atoms with Gasteiger partial charge in [-0.2, -0.15) is 0 Å². The van der Waals surface area contributed by atoms with Gasteiger partial charge in [0.05, 0.1) is 24.8 Å². The quantitative estimate of drug-likeness (QED) is 0.698. The summed E-state index contributed by atoms with van der Waals surface area (Å²) in [6, 6.07) is 7.76. The molecule has 0 aliphatic carbocycles. The van der Waals surface area contributed by atoms with Gasteiger partial charge in [0.2, 0.25) is 5.91 Å². The van der Waals surface area contributed by atoms with Crippen molar-refractivity contribution in [3.8, 4) is 5.69 Å². The van der Waals surface area contributed by atoms with Crippen LogP contribution in [0.5, 0.6) is 0 Å². The molecule has 0 spiro atoms. The summed E-state index contributed by atoms with van der Waals surface area (Å²) in [6.07, 6.45) is 2.05. The predicted molar refractivity (Wildman–Crippen MR) is 103 cm³/mol. The van der Waals surface area contributed by atoms with Crippen LogP contribution in [0.3, 0.4) is 0 Å². The van der Waals surface area contributed by atoms with Crippen LogP contribution >= 0.6 is 0 Å². The minimum atomic E-state index is 0.100. The number of carbonyl (C=O) groups is 1. The van der Waals surface area contributed by atoms with Crippen molar-refractivity contribution in [1.29, 1.82) is 0 Å². The molecule has 2 saturated heterocycles. The zero-order valence-electron chi connectivity index (χ0n) is 16.3. The van der Waals surface area contributed by atoms with E-state index in [0.717, 1.165) is 44.0 Å². The number of piperazine rings is 1. The van der Waals surface area contributed by atoms with Crippen LogP contribution < -0.4 is 0 Å². The maximum Gasteiger partial charge on any atom is 0.227 e. The fourth-order valence-electron chi connectivity index (χ4n) is 3.71. The van der Waals surface area contributed by atoms with Crippen molar-refractivity contribution >= 4 is 5.91 Å². The van der Waals surface area contributed by atoms with Crippen molar-refractivity contribution < 1.29 is 9.53 Å². The molecule has 1 amide bonds. The standard InChI is InChI=1S/C19H27N7O2/c1-23-6-8-24(9-7-23)13-18-14-25(10-11-28-18)19(27)12-16-2-4-17(5-3-16)26-15-20-21-22-26/h2-5,15,18H,6-14H2,1H3. The highest BCUT2D eigenvalue weighted by Crippen LogP contribution is 2.13. The van der Waals surface area contributed by atoms with Gasteiger partial charge < -0.3 is 14.5 Å². The minimum Gasteiger partial charge on any atom is -0.373 e. The zero-order chi connectivity index (χ0) is 19.3. The number of aromatic nitrogens is 4. The first-order chi connectivity index (χ1) is 13.7. The van der Waals surface area contributed by atoms with Crippen LogP contribution in [0, 0.1) is 0 Å². The SMILES string of the molecule is CN1CCN(CC2CN(C(=O)Cc3ccc(-n4cnnn4)cc3)CCO2)CC1. The van der Waals surface area contributed by atoms with Crippen molar-refractivity contribution in [3.05, 3.63) is 36.2 Å². The third-order valence-corrected chi connectivity index (χ3v) is 5.45. The molecule has 9 nitrogen and oxygen atoms in total.